The van der Waals surface area contributed by atoms with Gasteiger partial charge in [0.1, 0.15) is 5.82 Å². The molecule has 2 rings (SSSR count). The molecule has 1 aromatic heterocycles. The summed E-state index contributed by atoms with van der Waals surface area (Å²) in [6, 6.07) is 6.36. The van der Waals surface area contributed by atoms with E-state index in [2.05, 4.69) is 61.2 Å². The number of hydrogen-bond donors (Lipinski definition) is 1. The van der Waals surface area contributed by atoms with Crippen LogP contribution in [0.15, 0.2) is 18.2 Å². The van der Waals surface area contributed by atoms with Gasteiger partial charge in [-0.3, -0.25) is 0 Å². The van der Waals surface area contributed by atoms with E-state index in [9.17, 15) is 0 Å². The van der Waals surface area contributed by atoms with Gasteiger partial charge >= 0.3 is 0 Å². The molecule has 3 nitrogen and oxygen atoms in total. The molecular weight excluding hydrogens is 234 g/mol. The summed E-state index contributed by atoms with van der Waals surface area (Å²) in [6.07, 6.45) is 0.918. The zero-order valence-corrected chi connectivity index (χ0v) is 12.3. The van der Waals surface area contributed by atoms with Crippen molar-refractivity contribution in [1.29, 1.82) is 0 Å². The summed E-state index contributed by atoms with van der Waals surface area (Å²) in [5, 5.41) is 3.16. The van der Waals surface area contributed by atoms with Gasteiger partial charge in [0.05, 0.1) is 0 Å². The molecule has 0 amide bonds. The van der Waals surface area contributed by atoms with Gasteiger partial charge in [-0.1, -0.05) is 19.1 Å². The molecule has 1 heterocycles. The van der Waals surface area contributed by atoms with Gasteiger partial charge in [0.25, 0.3) is 0 Å². The summed E-state index contributed by atoms with van der Waals surface area (Å²) < 4.78 is 0. The minimum atomic E-state index is 0.801. The monoisotopic (exact) mass is 255 g/mol. The van der Waals surface area contributed by atoms with Gasteiger partial charge in [0.2, 0.25) is 0 Å². The molecule has 0 radical (unpaired) electrons. The molecule has 0 aliphatic carbocycles. The molecule has 3 heteroatoms. The fourth-order valence-corrected chi connectivity index (χ4v) is 2.16. The van der Waals surface area contributed by atoms with Crippen LogP contribution < -0.4 is 5.32 Å². The first kappa shape index (κ1) is 13.5. The van der Waals surface area contributed by atoms with Crippen molar-refractivity contribution in [3.05, 3.63) is 40.6 Å². The highest BCUT2D eigenvalue weighted by Gasteiger charge is 2.10. The first-order valence-electron chi connectivity index (χ1n) is 6.69. The normalized spacial score (nSPS) is 10.6. The molecular formula is C16H21N3. The minimum absolute atomic E-state index is 0.801. The SMILES string of the molecule is CCc1nc(-c2ccc(C)c(C)c2)nc(NC)c1C. The van der Waals surface area contributed by atoms with E-state index >= 15 is 0 Å². The molecule has 0 aliphatic heterocycles. The van der Waals surface area contributed by atoms with Crippen LogP contribution in [0.1, 0.15) is 29.3 Å². The molecule has 0 aliphatic rings. The summed E-state index contributed by atoms with van der Waals surface area (Å²) in [5.41, 5.74) is 5.88. The number of hydrogen-bond acceptors (Lipinski definition) is 3. The summed E-state index contributed by atoms with van der Waals surface area (Å²) >= 11 is 0. The topological polar surface area (TPSA) is 37.8 Å². The second-order valence-corrected chi connectivity index (χ2v) is 4.87. The van der Waals surface area contributed by atoms with Crippen LogP contribution in [0.25, 0.3) is 11.4 Å². The second-order valence-electron chi connectivity index (χ2n) is 4.87. The maximum absolute atomic E-state index is 4.69. The largest absolute Gasteiger partial charge is 0.373 e. The summed E-state index contributed by atoms with van der Waals surface area (Å²) in [7, 11) is 1.90. The average molecular weight is 255 g/mol. The van der Waals surface area contributed by atoms with E-state index in [1.54, 1.807) is 0 Å². The van der Waals surface area contributed by atoms with Crippen molar-refractivity contribution in [1.82, 2.24) is 9.97 Å². The fraction of sp³-hybridized carbons (Fsp3) is 0.375. The Morgan fingerprint density at radius 1 is 1.05 bits per heavy atom. The van der Waals surface area contributed by atoms with E-state index in [-0.39, 0.29) is 0 Å². The third-order valence-electron chi connectivity index (χ3n) is 3.58. The van der Waals surface area contributed by atoms with E-state index in [1.165, 1.54) is 11.1 Å². The predicted molar refractivity (Wildman–Crippen MR) is 80.6 cm³/mol. The van der Waals surface area contributed by atoms with Crippen LogP contribution >= 0.6 is 0 Å². The Hall–Kier alpha value is -1.90. The van der Waals surface area contributed by atoms with Gasteiger partial charge in [0, 0.05) is 23.9 Å². The van der Waals surface area contributed by atoms with Crippen molar-refractivity contribution in [2.24, 2.45) is 0 Å². The molecule has 0 atom stereocenters. The first-order valence-corrected chi connectivity index (χ1v) is 6.69. The zero-order chi connectivity index (χ0) is 14.0. The Morgan fingerprint density at radius 3 is 2.37 bits per heavy atom. The van der Waals surface area contributed by atoms with Crippen molar-refractivity contribution < 1.29 is 0 Å². The van der Waals surface area contributed by atoms with Crippen LogP contribution in [0, 0.1) is 20.8 Å². The number of aryl methyl sites for hydroxylation is 3. The Bertz CT molecular complexity index is 578. The highest BCUT2D eigenvalue weighted by atomic mass is 15.0. The number of nitrogens with one attached hydrogen (secondary N) is 1. The lowest BCUT2D eigenvalue weighted by Crippen LogP contribution is -2.04. The van der Waals surface area contributed by atoms with Gasteiger partial charge < -0.3 is 5.32 Å². The molecule has 0 spiro atoms. The molecule has 1 aromatic carbocycles. The third kappa shape index (κ3) is 2.60. The van der Waals surface area contributed by atoms with Gasteiger partial charge in [0.15, 0.2) is 5.82 Å². The van der Waals surface area contributed by atoms with Gasteiger partial charge in [-0.25, -0.2) is 9.97 Å². The van der Waals surface area contributed by atoms with Gasteiger partial charge in [-0.2, -0.15) is 0 Å². The number of benzene rings is 1. The Morgan fingerprint density at radius 2 is 1.79 bits per heavy atom. The van der Waals surface area contributed by atoms with Gasteiger partial charge in [-0.15, -0.1) is 0 Å². The zero-order valence-electron chi connectivity index (χ0n) is 12.3. The third-order valence-corrected chi connectivity index (χ3v) is 3.58. The highest BCUT2D eigenvalue weighted by molar-refractivity contribution is 5.61. The predicted octanol–water partition coefficient (Wildman–Crippen LogP) is 3.67. The summed E-state index contributed by atoms with van der Waals surface area (Å²) in [6.45, 7) is 8.42. The lowest BCUT2D eigenvalue weighted by Gasteiger charge is -2.12. The fourth-order valence-electron chi connectivity index (χ4n) is 2.16. The molecule has 19 heavy (non-hydrogen) atoms. The molecule has 0 saturated carbocycles. The molecule has 2 aromatic rings. The molecule has 1 N–H and O–H groups in total. The van der Waals surface area contributed by atoms with E-state index in [0.29, 0.717) is 0 Å². The number of rotatable bonds is 3. The maximum Gasteiger partial charge on any atom is 0.161 e. The highest BCUT2D eigenvalue weighted by Crippen LogP contribution is 2.23. The second kappa shape index (κ2) is 5.39. The van der Waals surface area contributed by atoms with Crippen molar-refractivity contribution in [3.63, 3.8) is 0 Å². The number of aromatic nitrogens is 2. The number of nitrogens with zero attached hydrogens (tertiary/aromatic N) is 2. The van der Waals surface area contributed by atoms with Crippen LogP contribution in [-0.4, -0.2) is 17.0 Å². The van der Waals surface area contributed by atoms with Crippen molar-refractivity contribution >= 4 is 5.82 Å². The minimum Gasteiger partial charge on any atom is -0.373 e. The molecule has 0 bridgehead atoms. The van der Waals surface area contributed by atoms with E-state index < -0.39 is 0 Å². The van der Waals surface area contributed by atoms with Crippen LogP contribution in [0.5, 0.6) is 0 Å². The van der Waals surface area contributed by atoms with Crippen molar-refractivity contribution in [3.8, 4) is 11.4 Å². The Kier molecular flexibility index (Phi) is 3.84. The van der Waals surface area contributed by atoms with Crippen LogP contribution in [0.2, 0.25) is 0 Å². The van der Waals surface area contributed by atoms with E-state index in [0.717, 1.165) is 34.9 Å². The lowest BCUT2D eigenvalue weighted by atomic mass is 10.1. The number of anilines is 1. The molecule has 0 unspecified atom stereocenters. The Balaban J connectivity index is 2.58. The lowest BCUT2D eigenvalue weighted by molar-refractivity contribution is 0.977. The molecule has 0 fully saturated rings. The van der Waals surface area contributed by atoms with E-state index in [4.69, 9.17) is 0 Å². The standard InChI is InChI=1S/C16H21N3/c1-6-14-12(4)15(17-5)19-16(18-14)13-8-7-10(2)11(3)9-13/h7-9H,6H2,1-5H3,(H,17,18,19). The quantitative estimate of drug-likeness (QED) is 0.909. The summed E-state index contributed by atoms with van der Waals surface area (Å²) in [4.78, 5) is 9.31. The molecule has 100 valence electrons. The average Bonchev–Trinajstić information content (AvgIpc) is 2.42. The van der Waals surface area contributed by atoms with Crippen LogP contribution in [-0.2, 0) is 6.42 Å². The van der Waals surface area contributed by atoms with Crippen molar-refractivity contribution in [2.45, 2.75) is 34.1 Å². The maximum atomic E-state index is 4.69. The van der Waals surface area contributed by atoms with Crippen LogP contribution in [0.3, 0.4) is 0 Å². The smallest absolute Gasteiger partial charge is 0.161 e. The van der Waals surface area contributed by atoms with E-state index in [1.807, 2.05) is 7.05 Å². The van der Waals surface area contributed by atoms with Gasteiger partial charge in [-0.05, 0) is 44.4 Å². The van der Waals surface area contributed by atoms with Crippen LogP contribution in [0.4, 0.5) is 5.82 Å². The summed E-state index contributed by atoms with van der Waals surface area (Å²) in [5.74, 6) is 1.72. The van der Waals surface area contributed by atoms with Crippen molar-refractivity contribution in [2.75, 3.05) is 12.4 Å². The first-order chi connectivity index (χ1) is 9.06. The Labute approximate surface area is 115 Å². The molecule has 0 saturated heterocycles.